The third-order valence-electron chi connectivity index (χ3n) is 7.61. The van der Waals surface area contributed by atoms with Gasteiger partial charge in [0.2, 0.25) is 0 Å². The van der Waals surface area contributed by atoms with E-state index in [-0.39, 0.29) is 0 Å². The van der Waals surface area contributed by atoms with Gasteiger partial charge in [-0.15, -0.1) is 13.2 Å². The Labute approximate surface area is 228 Å². The summed E-state index contributed by atoms with van der Waals surface area (Å²) in [6, 6.07) is 21.7. The zero-order valence-electron chi connectivity index (χ0n) is 23.7. The van der Waals surface area contributed by atoms with Gasteiger partial charge in [0.25, 0.3) is 0 Å². The summed E-state index contributed by atoms with van der Waals surface area (Å²) in [5, 5.41) is 0. The van der Waals surface area contributed by atoms with Crippen molar-refractivity contribution in [1.82, 2.24) is 0 Å². The Hall–Kier alpha value is -2.45. The number of rotatable bonds is 22. The molecule has 37 heavy (non-hydrogen) atoms. The molecule has 0 bridgehead atoms. The summed E-state index contributed by atoms with van der Waals surface area (Å²) < 4.78 is 0.913. The van der Waals surface area contributed by atoms with Crippen LogP contribution in [-0.4, -0.2) is 30.0 Å². The van der Waals surface area contributed by atoms with Crippen LogP contribution >= 0.6 is 0 Å². The summed E-state index contributed by atoms with van der Waals surface area (Å²) in [6.45, 7) is 12.7. The molecular formula is C35H53N2+. The Kier molecular flexibility index (Phi) is 16.3. The number of benzene rings is 2. The number of hydrogen-bond acceptors (Lipinski definition) is 1. The largest absolute Gasteiger partial charge is 0.278 e. The maximum absolute atomic E-state index is 5.03. The highest BCUT2D eigenvalue weighted by molar-refractivity contribution is 5.55. The van der Waals surface area contributed by atoms with Crippen LogP contribution in [0.1, 0.15) is 96.0 Å². The molecule has 0 heterocycles. The van der Waals surface area contributed by atoms with Crippen LogP contribution in [-0.2, 0) is 6.42 Å². The van der Waals surface area contributed by atoms with E-state index in [9.17, 15) is 0 Å². The monoisotopic (exact) mass is 501 g/mol. The molecule has 2 rings (SSSR count). The lowest BCUT2D eigenvalue weighted by atomic mass is 10.0. The van der Waals surface area contributed by atoms with Gasteiger partial charge in [0, 0.05) is 19.3 Å². The van der Waals surface area contributed by atoms with Crippen LogP contribution in [0.5, 0.6) is 0 Å². The summed E-state index contributed by atoms with van der Waals surface area (Å²) in [5.41, 5.74) is 2.45. The SMILES string of the molecule is C=CCC(CC=C)[N+](C=Nc1ccccc1)(CCCCCCCCCCCC)CCCc1ccccc1. The van der Waals surface area contributed by atoms with E-state index in [1.807, 2.05) is 0 Å². The number of para-hydroxylation sites is 1. The molecule has 0 saturated carbocycles. The zero-order chi connectivity index (χ0) is 26.4. The van der Waals surface area contributed by atoms with Crippen LogP contribution in [0.4, 0.5) is 5.69 Å². The first-order chi connectivity index (χ1) is 18.2. The first kappa shape index (κ1) is 30.8. The summed E-state index contributed by atoms with van der Waals surface area (Å²) in [4.78, 5) is 5.03. The molecule has 0 N–H and O–H groups in total. The molecule has 0 aromatic heterocycles. The Morgan fingerprint density at radius 2 is 1.19 bits per heavy atom. The minimum absolute atomic E-state index is 0.428. The van der Waals surface area contributed by atoms with Crippen molar-refractivity contribution in [1.29, 1.82) is 0 Å². The van der Waals surface area contributed by atoms with Gasteiger partial charge in [0.05, 0.1) is 18.8 Å². The fraction of sp³-hybridized carbons (Fsp3) is 0.514. The predicted octanol–water partition coefficient (Wildman–Crippen LogP) is 10.2. The van der Waals surface area contributed by atoms with Gasteiger partial charge in [0.1, 0.15) is 6.04 Å². The normalized spacial score (nSPS) is 13.1. The molecule has 0 aliphatic rings. The molecule has 0 saturated heterocycles. The van der Waals surface area contributed by atoms with Crippen LogP contribution in [0.25, 0.3) is 0 Å². The zero-order valence-corrected chi connectivity index (χ0v) is 23.7. The number of unbranched alkanes of at least 4 members (excludes halogenated alkanes) is 9. The molecular weight excluding hydrogens is 448 g/mol. The van der Waals surface area contributed by atoms with Crippen molar-refractivity contribution >= 4 is 12.0 Å². The van der Waals surface area contributed by atoms with E-state index in [4.69, 9.17) is 4.99 Å². The van der Waals surface area contributed by atoms with Crippen LogP contribution in [0.15, 0.2) is 91.0 Å². The van der Waals surface area contributed by atoms with Crippen LogP contribution < -0.4 is 0 Å². The topological polar surface area (TPSA) is 12.4 Å². The molecule has 1 atom stereocenters. The van der Waals surface area contributed by atoms with Gasteiger partial charge in [-0.25, -0.2) is 4.99 Å². The third-order valence-corrected chi connectivity index (χ3v) is 7.61. The molecule has 2 nitrogen and oxygen atoms in total. The molecule has 2 heteroatoms. The van der Waals surface area contributed by atoms with Gasteiger partial charge in [0.15, 0.2) is 6.34 Å². The molecule has 0 spiro atoms. The maximum Gasteiger partial charge on any atom is 0.190 e. The van der Waals surface area contributed by atoms with Crippen molar-refractivity contribution in [2.24, 2.45) is 4.99 Å². The molecule has 2 aromatic carbocycles. The van der Waals surface area contributed by atoms with Gasteiger partial charge in [-0.1, -0.05) is 119 Å². The number of aliphatic imine (C=N–C) groups is 1. The predicted molar refractivity (Wildman–Crippen MR) is 165 cm³/mol. The van der Waals surface area contributed by atoms with E-state index >= 15 is 0 Å². The Morgan fingerprint density at radius 1 is 0.676 bits per heavy atom. The van der Waals surface area contributed by atoms with Crippen LogP contribution in [0.2, 0.25) is 0 Å². The van der Waals surface area contributed by atoms with E-state index < -0.39 is 0 Å². The molecule has 0 radical (unpaired) electrons. The van der Waals surface area contributed by atoms with Crippen molar-refractivity contribution in [2.45, 2.75) is 103 Å². The van der Waals surface area contributed by atoms with Crippen molar-refractivity contribution in [3.05, 3.63) is 91.5 Å². The first-order valence-corrected chi connectivity index (χ1v) is 15.0. The van der Waals surface area contributed by atoms with Crippen molar-refractivity contribution in [3.8, 4) is 0 Å². The lowest BCUT2D eigenvalue weighted by Gasteiger charge is -2.41. The second kappa shape index (κ2) is 19.6. The van der Waals surface area contributed by atoms with Gasteiger partial charge in [-0.05, 0) is 37.0 Å². The average molecular weight is 502 g/mol. The molecule has 0 fully saturated rings. The molecule has 0 aliphatic heterocycles. The fourth-order valence-electron chi connectivity index (χ4n) is 5.40. The molecule has 2 aromatic rings. The summed E-state index contributed by atoms with van der Waals surface area (Å²) in [5.74, 6) is 0. The average Bonchev–Trinajstić information content (AvgIpc) is 2.93. The molecule has 0 aliphatic carbocycles. The van der Waals surface area contributed by atoms with Gasteiger partial charge < -0.3 is 0 Å². The van der Waals surface area contributed by atoms with Crippen molar-refractivity contribution in [3.63, 3.8) is 0 Å². The van der Waals surface area contributed by atoms with Gasteiger partial charge >= 0.3 is 0 Å². The standard InChI is InChI=1S/C35H53N2/c1-4-7-8-9-10-11-12-13-14-21-30-37(35(23-5-2)24-6-3,32-36-34-28-19-16-20-29-34)31-22-27-33-25-17-15-18-26-33/h5-6,15-20,25-26,28-29,32,35H,2-4,7-14,21-24,27,30-31H2,1H3/q+1. The maximum atomic E-state index is 5.03. The lowest BCUT2D eigenvalue weighted by molar-refractivity contribution is -0.861. The Morgan fingerprint density at radius 3 is 1.76 bits per heavy atom. The lowest BCUT2D eigenvalue weighted by Crippen LogP contribution is -2.55. The quantitative estimate of drug-likeness (QED) is 0.0500. The third kappa shape index (κ3) is 12.6. The van der Waals surface area contributed by atoms with Crippen LogP contribution in [0, 0.1) is 0 Å². The van der Waals surface area contributed by atoms with E-state index in [0.29, 0.717) is 6.04 Å². The summed E-state index contributed by atoms with van der Waals surface area (Å²) in [7, 11) is 0. The molecule has 0 amide bonds. The molecule has 202 valence electrons. The number of aryl methyl sites for hydroxylation is 1. The Balaban J connectivity index is 2.09. The highest BCUT2D eigenvalue weighted by Crippen LogP contribution is 2.25. The van der Waals surface area contributed by atoms with Crippen molar-refractivity contribution < 1.29 is 4.48 Å². The number of nitrogens with zero attached hydrogens (tertiary/aromatic N) is 2. The van der Waals surface area contributed by atoms with Gasteiger partial charge in [-0.3, -0.25) is 4.48 Å². The second-order valence-corrected chi connectivity index (χ2v) is 10.6. The summed E-state index contributed by atoms with van der Waals surface area (Å²) in [6.07, 6.45) is 24.3. The first-order valence-electron chi connectivity index (χ1n) is 15.0. The van der Waals surface area contributed by atoms with Crippen molar-refractivity contribution in [2.75, 3.05) is 13.1 Å². The highest BCUT2D eigenvalue weighted by atomic mass is 15.4. The fourth-order valence-corrected chi connectivity index (χ4v) is 5.40. The Bertz CT molecular complexity index is 847. The highest BCUT2D eigenvalue weighted by Gasteiger charge is 2.34. The van der Waals surface area contributed by atoms with Crippen LogP contribution in [0.3, 0.4) is 0 Å². The number of hydrogen-bond donors (Lipinski definition) is 0. The van der Waals surface area contributed by atoms with E-state index in [1.165, 1.54) is 69.8 Å². The minimum Gasteiger partial charge on any atom is -0.278 e. The second-order valence-electron chi connectivity index (χ2n) is 10.6. The van der Waals surface area contributed by atoms with E-state index in [1.54, 1.807) is 0 Å². The minimum atomic E-state index is 0.428. The molecule has 1 unspecified atom stereocenters. The van der Waals surface area contributed by atoms with E-state index in [2.05, 4.69) is 99.2 Å². The number of quaternary nitrogens is 1. The van der Waals surface area contributed by atoms with Gasteiger partial charge in [-0.2, -0.15) is 0 Å². The van der Waals surface area contributed by atoms with E-state index in [0.717, 1.165) is 48.9 Å². The smallest absolute Gasteiger partial charge is 0.190 e. The summed E-state index contributed by atoms with van der Waals surface area (Å²) >= 11 is 0.